The molecule has 0 aliphatic carbocycles. The van der Waals surface area contributed by atoms with Gasteiger partial charge < -0.3 is 14.0 Å². The lowest BCUT2D eigenvalue weighted by atomic mass is 10.0. The number of hydrogen-bond acceptors (Lipinski definition) is 3. The van der Waals surface area contributed by atoms with E-state index in [0.717, 1.165) is 18.5 Å². The third-order valence-corrected chi connectivity index (χ3v) is 3.41. The molecule has 2 heterocycles. The number of aromatic nitrogens is 2. The van der Waals surface area contributed by atoms with Gasteiger partial charge in [-0.2, -0.15) is 0 Å². The van der Waals surface area contributed by atoms with Crippen LogP contribution in [0.25, 0.3) is 0 Å². The van der Waals surface area contributed by atoms with Crippen LogP contribution in [0.3, 0.4) is 0 Å². The minimum Gasteiger partial charge on any atom is -0.343 e. The van der Waals surface area contributed by atoms with Crippen LogP contribution in [-0.2, 0) is 21.8 Å². The summed E-state index contributed by atoms with van der Waals surface area (Å²) in [6.45, 7) is 3.50. The van der Waals surface area contributed by atoms with Gasteiger partial charge in [0.15, 0.2) is 5.79 Å². The zero-order chi connectivity index (χ0) is 13.1. The lowest BCUT2D eigenvalue weighted by molar-refractivity contribution is -0.182. The lowest BCUT2D eigenvalue weighted by Gasteiger charge is -2.28. The highest BCUT2D eigenvalue weighted by Gasteiger charge is 2.41. The Bertz CT molecular complexity index is 512. The zero-order valence-corrected chi connectivity index (χ0v) is 11.0. The van der Waals surface area contributed by atoms with Crippen LogP contribution < -0.4 is 0 Å². The van der Waals surface area contributed by atoms with Crippen LogP contribution in [0.15, 0.2) is 49.1 Å². The Morgan fingerprint density at radius 1 is 1.37 bits per heavy atom. The summed E-state index contributed by atoms with van der Waals surface area (Å²) in [5.74, 6) is -0.620. The van der Waals surface area contributed by atoms with Gasteiger partial charge in [0.25, 0.3) is 0 Å². The second-order valence-corrected chi connectivity index (χ2v) is 4.91. The minimum atomic E-state index is -0.620. The standard InChI is InChI=1S/C15H18N2O2/c1-13-11-18-15(19-13,14-5-3-2-4-6-14)7-9-17-10-8-16-12-17/h2-6,8,10,12-13H,7,9,11H2,1H3. The van der Waals surface area contributed by atoms with Crippen LogP contribution in [0.5, 0.6) is 0 Å². The van der Waals surface area contributed by atoms with E-state index in [2.05, 4.69) is 17.1 Å². The normalized spacial score (nSPS) is 26.7. The van der Waals surface area contributed by atoms with Crippen molar-refractivity contribution >= 4 is 0 Å². The summed E-state index contributed by atoms with van der Waals surface area (Å²) in [4.78, 5) is 4.06. The van der Waals surface area contributed by atoms with Gasteiger partial charge in [0.2, 0.25) is 0 Å². The van der Waals surface area contributed by atoms with E-state index in [-0.39, 0.29) is 6.10 Å². The topological polar surface area (TPSA) is 36.3 Å². The van der Waals surface area contributed by atoms with Crippen molar-refractivity contribution in [2.75, 3.05) is 6.61 Å². The van der Waals surface area contributed by atoms with Crippen molar-refractivity contribution in [1.82, 2.24) is 9.55 Å². The number of hydrogen-bond donors (Lipinski definition) is 0. The second kappa shape index (κ2) is 5.15. The van der Waals surface area contributed by atoms with E-state index in [0.29, 0.717) is 6.61 Å². The van der Waals surface area contributed by atoms with Crippen molar-refractivity contribution in [1.29, 1.82) is 0 Å². The number of nitrogens with zero attached hydrogens (tertiary/aromatic N) is 2. The monoisotopic (exact) mass is 258 g/mol. The van der Waals surface area contributed by atoms with Crippen LogP contribution in [0.1, 0.15) is 18.9 Å². The summed E-state index contributed by atoms with van der Waals surface area (Å²) in [5.41, 5.74) is 1.08. The van der Waals surface area contributed by atoms with Crippen LogP contribution in [0, 0.1) is 0 Å². The maximum atomic E-state index is 6.08. The van der Waals surface area contributed by atoms with E-state index in [4.69, 9.17) is 9.47 Å². The molecule has 0 N–H and O–H groups in total. The Hall–Kier alpha value is -1.65. The molecule has 0 radical (unpaired) electrons. The molecule has 1 aliphatic rings. The molecule has 2 unspecified atom stereocenters. The largest absolute Gasteiger partial charge is 0.343 e. The van der Waals surface area contributed by atoms with Crippen LogP contribution in [0.4, 0.5) is 0 Å². The first-order valence-corrected chi connectivity index (χ1v) is 6.61. The quantitative estimate of drug-likeness (QED) is 0.845. The Morgan fingerprint density at radius 2 is 2.21 bits per heavy atom. The number of benzene rings is 1. The van der Waals surface area contributed by atoms with Crippen LogP contribution in [0.2, 0.25) is 0 Å². The molecule has 1 aromatic heterocycles. The highest BCUT2D eigenvalue weighted by Crippen LogP contribution is 2.37. The molecular formula is C15H18N2O2. The number of imidazole rings is 1. The molecule has 4 nitrogen and oxygen atoms in total. The molecule has 2 aromatic rings. The number of rotatable bonds is 4. The van der Waals surface area contributed by atoms with E-state index in [1.54, 1.807) is 6.20 Å². The van der Waals surface area contributed by atoms with Gasteiger partial charge in [0, 0.05) is 30.9 Å². The maximum Gasteiger partial charge on any atom is 0.197 e. The molecular weight excluding hydrogens is 240 g/mol. The molecule has 4 heteroatoms. The Morgan fingerprint density at radius 3 is 2.84 bits per heavy atom. The molecule has 0 saturated carbocycles. The molecule has 1 saturated heterocycles. The van der Waals surface area contributed by atoms with Crippen LogP contribution >= 0.6 is 0 Å². The van der Waals surface area contributed by atoms with E-state index >= 15 is 0 Å². The summed E-state index contributed by atoms with van der Waals surface area (Å²) in [6, 6.07) is 10.2. The van der Waals surface area contributed by atoms with Gasteiger partial charge in [0.05, 0.1) is 19.0 Å². The molecule has 0 bridgehead atoms. The van der Waals surface area contributed by atoms with Gasteiger partial charge >= 0.3 is 0 Å². The smallest absolute Gasteiger partial charge is 0.197 e. The fraction of sp³-hybridized carbons (Fsp3) is 0.400. The van der Waals surface area contributed by atoms with Crippen molar-refractivity contribution in [2.24, 2.45) is 0 Å². The second-order valence-electron chi connectivity index (χ2n) is 4.91. The van der Waals surface area contributed by atoms with Crippen molar-refractivity contribution in [3.63, 3.8) is 0 Å². The molecule has 1 aliphatic heterocycles. The summed E-state index contributed by atoms with van der Waals surface area (Å²) in [6.07, 6.45) is 6.46. The van der Waals surface area contributed by atoms with E-state index < -0.39 is 5.79 Å². The summed E-state index contributed by atoms with van der Waals surface area (Å²) in [5, 5.41) is 0. The fourth-order valence-corrected chi connectivity index (χ4v) is 2.46. The average molecular weight is 258 g/mol. The highest BCUT2D eigenvalue weighted by molar-refractivity contribution is 5.21. The third kappa shape index (κ3) is 2.55. The molecule has 0 spiro atoms. The highest BCUT2D eigenvalue weighted by atomic mass is 16.7. The van der Waals surface area contributed by atoms with Crippen molar-refractivity contribution in [3.05, 3.63) is 54.6 Å². The lowest BCUT2D eigenvalue weighted by Crippen LogP contribution is -2.29. The number of ether oxygens (including phenoxy) is 2. The molecule has 19 heavy (non-hydrogen) atoms. The molecule has 3 rings (SSSR count). The van der Waals surface area contributed by atoms with Gasteiger partial charge in [-0.3, -0.25) is 0 Å². The van der Waals surface area contributed by atoms with Crippen LogP contribution in [-0.4, -0.2) is 22.3 Å². The van der Waals surface area contributed by atoms with Gasteiger partial charge in [-0.15, -0.1) is 0 Å². The predicted molar refractivity (Wildman–Crippen MR) is 71.5 cm³/mol. The van der Waals surface area contributed by atoms with Gasteiger partial charge in [-0.25, -0.2) is 4.98 Å². The Balaban J connectivity index is 1.81. The summed E-state index contributed by atoms with van der Waals surface area (Å²) >= 11 is 0. The molecule has 0 amide bonds. The van der Waals surface area contributed by atoms with Gasteiger partial charge in [-0.1, -0.05) is 30.3 Å². The van der Waals surface area contributed by atoms with Gasteiger partial charge in [-0.05, 0) is 6.92 Å². The van der Waals surface area contributed by atoms with E-state index in [1.807, 2.05) is 42.2 Å². The van der Waals surface area contributed by atoms with Crippen molar-refractivity contribution in [2.45, 2.75) is 31.8 Å². The predicted octanol–water partition coefficient (Wildman–Crippen LogP) is 2.56. The SMILES string of the molecule is CC1COC(CCn2ccnc2)(c2ccccc2)O1. The minimum absolute atomic E-state index is 0.128. The van der Waals surface area contributed by atoms with Crippen molar-refractivity contribution in [3.8, 4) is 0 Å². The average Bonchev–Trinajstić information content (AvgIpc) is 3.08. The fourth-order valence-electron chi connectivity index (χ4n) is 2.46. The first-order valence-electron chi connectivity index (χ1n) is 6.61. The zero-order valence-electron chi connectivity index (χ0n) is 11.0. The third-order valence-electron chi connectivity index (χ3n) is 3.41. The van der Waals surface area contributed by atoms with E-state index in [1.165, 1.54) is 0 Å². The first kappa shape index (κ1) is 12.4. The first-order chi connectivity index (χ1) is 9.28. The maximum absolute atomic E-state index is 6.08. The molecule has 2 atom stereocenters. The van der Waals surface area contributed by atoms with Crippen molar-refractivity contribution < 1.29 is 9.47 Å². The van der Waals surface area contributed by atoms with E-state index in [9.17, 15) is 0 Å². The Labute approximate surface area is 113 Å². The summed E-state index contributed by atoms with van der Waals surface area (Å²) in [7, 11) is 0. The summed E-state index contributed by atoms with van der Waals surface area (Å²) < 4.78 is 14.1. The number of aryl methyl sites for hydroxylation is 1. The molecule has 1 fully saturated rings. The molecule has 1 aromatic carbocycles. The van der Waals surface area contributed by atoms with Gasteiger partial charge in [0.1, 0.15) is 0 Å². The molecule has 100 valence electrons. The Kier molecular flexibility index (Phi) is 3.36.